The molecule has 2 aromatic heterocycles. The highest BCUT2D eigenvalue weighted by Gasteiger charge is 2.34. The highest BCUT2D eigenvalue weighted by atomic mass is 32.1. The van der Waals surface area contributed by atoms with E-state index >= 15 is 0 Å². The van der Waals surface area contributed by atoms with Crippen LogP contribution in [0.2, 0.25) is 0 Å². The van der Waals surface area contributed by atoms with Gasteiger partial charge in [-0.2, -0.15) is 0 Å². The van der Waals surface area contributed by atoms with Gasteiger partial charge in [-0.15, -0.1) is 11.3 Å². The Morgan fingerprint density at radius 1 is 1.28 bits per heavy atom. The number of aromatic nitrogens is 2. The molecule has 2 aromatic rings. The van der Waals surface area contributed by atoms with Crippen molar-refractivity contribution in [3.8, 4) is 0 Å². The smallest absolute Gasteiger partial charge is 0.138 e. The third-order valence-corrected chi connectivity index (χ3v) is 4.71. The number of likely N-dealkylation sites (tertiary alicyclic amines) is 1. The number of nitrogens with zero attached hydrogens (tertiary/aromatic N) is 3. The second kappa shape index (κ2) is 4.17. The van der Waals surface area contributed by atoms with Gasteiger partial charge in [0.05, 0.1) is 5.39 Å². The quantitative estimate of drug-likeness (QED) is 0.919. The van der Waals surface area contributed by atoms with Gasteiger partial charge < -0.3 is 5.32 Å². The Hall–Kier alpha value is -1.20. The molecule has 1 atom stereocenters. The van der Waals surface area contributed by atoms with E-state index in [1.165, 1.54) is 32.4 Å². The van der Waals surface area contributed by atoms with E-state index in [-0.39, 0.29) is 0 Å². The first-order valence-corrected chi connectivity index (χ1v) is 7.47. The van der Waals surface area contributed by atoms with Gasteiger partial charge in [0, 0.05) is 25.2 Å². The van der Waals surface area contributed by atoms with Crippen molar-refractivity contribution in [2.24, 2.45) is 0 Å². The Morgan fingerprint density at radius 3 is 3.11 bits per heavy atom. The Bertz CT molecular complexity index is 563. The lowest BCUT2D eigenvalue weighted by atomic mass is 10.2. The molecule has 0 spiro atoms. The van der Waals surface area contributed by atoms with E-state index in [2.05, 4.69) is 31.6 Å². The minimum Gasteiger partial charge on any atom is -0.365 e. The standard InChI is InChI=1S/C13H16N4S/c1-2-10(1)17-5-3-9(7-17)16-12-11-4-6-18-13(11)15-8-14-12/h4,6,8-10H,1-3,5,7H2,(H,14,15,16)/t9-/m0/s1. The second-order valence-electron chi connectivity index (χ2n) is 5.22. The number of thiophene rings is 1. The summed E-state index contributed by atoms with van der Waals surface area (Å²) in [4.78, 5) is 12.4. The molecular weight excluding hydrogens is 244 g/mol. The summed E-state index contributed by atoms with van der Waals surface area (Å²) in [6.45, 7) is 2.40. The Balaban J connectivity index is 1.52. The summed E-state index contributed by atoms with van der Waals surface area (Å²) in [6, 6.07) is 3.53. The molecule has 2 fully saturated rings. The van der Waals surface area contributed by atoms with Gasteiger partial charge in [-0.1, -0.05) is 0 Å². The average Bonchev–Trinajstić information content (AvgIpc) is 2.94. The van der Waals surface area contributed by atoms with Crippen molar-refractivity contribution in [3.05, 3.63) is 17.8 Å². The number of hydrogen-bond donors (Lipinski definition) is 1. The monoisotopic (exact) mass is 260 g/mol. The van der Waals surface area contributed by atoms with Crippen molar-refractivity contribution in [1.29, 1.82) is 0 Å². The van der Waals surface area contributed by atoms with Gasteiger partial charge in [-0.05, 0) is 30.7 Å². The van der Waals surface area contributed by atoms with Gasteiger partial charge in [-0.25, -0.2) is 9.97 Å². The number of hydrogen-bond acceptors (Lipinski definition) is 5. The average molecular weight is 260 g/mol. The molecule has 5 heteroatoms. The fourth-order valence-electron chi connectivity index (χ4n) is 2.77. The van der Waals surface area contributed by atoms with E-state index in [9.17, 15) is 0 Å². The zero-order valence-corrected chi connectivity index (χ0v) is 11.0. The maximum absolute atomic E-state index is 4.39. The van der Waals surface area contributed by atoms with Crippen molar-refractivity contribution in [1.82, 2.24) is 14.9 Å². The fraction of sp³-hybridized carbons (Fsp3) is 0.538. The molecule has 0 bridgehead atoms. The lowest BCUT2D eigenvalue weighted by Crippen LogP contribution is -2.28. The molecule has 0 amide bonds. The largest absolute Gasteiger partial charge is 0.365 e. The van der Waals surface area contributed by atoms with Crippen LogP contribution in [0.3, 0.4) is 0 Å². The molecule has 4 nitrogen and oxygen atoms in total. The predicted molar refractivity (Wildman–Crippen MR) is 74.0 cm³/mol. The number of rotatable bonds is 3. The molecule has 1 saturated heterocycles. The maximum atomic E-state index is 4.39. The van der Waals surface area contributed by atoms with Gasteiger partial charge in [-0.3, -0.25) is 4.90 Å². The van der Waals surface area contributed by atoms with E-state index in [4.69, 9.17) is 0 Å². The molecule has 3 heterocycles. The molecule has 1 aliphatic carbocycles. The van der Waals surface area contributed by atoms with Crippen molar-refractivity contribution < 1.29 is 0 Å². The molecule has 0 aromatic carbocycles. The number of fused-ring (bicyclic) bond motifs is 1. The first-order valence-electron chi connectivity index (χ1n) is 6.59. The van der Waals surface area contributed by atoms with Gasteiger partial charge in [0.15, 0.2) is 0 Å². The SMILES string of the molecule is c1nc(N[C@H]2CCN(C3CC3)C2)c2ccsc2n1. The first kappa shape index (κ1) is 10.7. The van der Waals surface area contributed by atoms with Crippen molar-refractivity contribution in [2.75, 3.05) is 18.4 Å². The van der Waals surface area contributed by atoms with Crippen LogP contribution in [-0.4, -0.2) is 40.0 Å². The summed E-state index contributed by atoms with van der Waals surface area (Å²) < 4.78 is 0. The van der Waals surface area contributed by atoms with Gasteiger partial charge >= 0.3 is 0 Å². The van der Waals surface area contributed by atoms with Gasteiger partial charge in [0.1, 0.15) is 17.0 Å². The maximum Gasteiger partial charge on any atom is 0.138 e. The lowest BCUT2D eigenvalue weighted by Gasteiger charge is -2.16. The molecule has 1 saturated carbocycles. The molecule has 2 aliphatic rings. The minimum atomic E-state index is 0.545. The van der Waals surface area contributed by atoms with Crippen molar-refractivity contribution in [3.63, 3.8) is 0 Å². The van der Waals surface area contributed by atoms with Crippen LogP contribution in [-0.2, 0) is 0 Å². The lowest BCUT2D eigenvalue weighted by molar-refractivity contribution is 0.326. The van der Waals surface area contributed by atoms with E-state index < -0.39 is 0 Å². The molecule has 18 heavy (non-hydrogen) atoms. The summed E-state index contributed by atoms with van der Waals surface area (Å²) in [5.74, 6) is 1.00. The predicted octanol–water partition coefficient (Wildman–Crippen LogP) is 2.34. The topological polar surface area (TPSA) is 41.1 Å². The van der Waals surface area contributed by atoms with Crippen LogP contribution in [0.25, 0.3) is 10.2 Å². The minimum absolute atomic E-state index is 0.545. The summed E-state index contributed by atoms with van der Waals surface area (Å²) in [5.41, 5.74) is 0. The summed E-state index contributed by atoms with van der Waals surface area (Å²) >= 11 is 1.67. The van der Waals surface area contributed by atoms with Crippen molar-refractivity contribution >= 4 is 27.4 Å². The highest BCUT2D eigenvalue weighted by Crippen LogP contribution is 2.31. The Morgan fingerprint density at radius 2 is 2.22 bits per heavy atom. The summed E-state index contributed by atoms with van der Waals surface area (Å²) in [6.07, 6.45) is 5.69. The second-order valence-corrected chi connectivity index (χ2v) is 6.11. The van der Waals surface area contributed by atoms with Crippen LogP contribution in [0.5, 0.6) is 0 Å². The highest BCUT2D eigenvalue weighted by molar-refractivity contribution is 7.16. The molecule has 4 rings (SSSR count). The Labute approximate surface area is 110 Å². The van der Waals surface area contributed by atoms with Crippen LogP contribution in [0.4, 0.5) is 5.82 Å². The third-order valence-electron chi connectivity index (χ3n) is 3.89. The molecule has 1 N–H and O–H groups in total. The van der Waals surface area contributed by atoms with Crippen LogP contribution >= 0.6 is 11.3 Å². The normalized spacial score (nSPS) is 24.8. The van der Waals surface area contributed by atoms with Crippen LogP contribution in [0.1, 0.15) is 19.3 Å². The van der Waals surface area contributed by atoms with Crippen LogP contribution in [0, 0.1) is 0 Å². The number of anilines is 1. The van der Waals surface area contributed by atoms with E-state index in [0.29, 0.717) is 6.04 Å². The summed E-state index contributed by atoms with van der Waals surface area (Å²) in [5, 5.41) is 6.84. The first-order chi connectivity index (χ1) is 8.90. The van der Waals surface area contributed by atoms with E-state index in [0.717, 1.165) is 22.1 Å². The molecular formula is C13H16N4S. The zero-order valence-electron chi connectivity index (χ0n) is 10.2. The van der Waals surface area contributed by atoms with Crippen LogP contribution < -0.4 is 5.32 Å². The fourth-order valence-corrected chi connectivity index (χ4v) is 3.51. The van der Waals surface area contributed by atoms with Gasteiger partial charge in [0.25, 0.3) is 0 Å². The molecule has 0 radical (unpaired) electrons. The number of nitrogens with one attached hydrogen (secondary N) is 1. The van der Waals surface area contributed by atoms with E-state index in [1.54, 1.807) is 17.7 Å². The molecule has 1 aliphatic heterocycles. The zero-order chi connectivity index (χ0) is 11.9. The van der Waals surface area contributed by atoms with Crippen LogP contribution in [0.15, 0.2) is 17.8 Å². The summed E-state index contributed by atoms with van der Waals surface area (Å²) in [7, 11) is 0. The van der Waals surface area contributed by atoms with Crippen molar-refractivity contribution in [2.45, 2.75) is 31.3 Å². The third kappa shape index (κ3) is 1.87. The molecule has 0 unspecified atom stereocenters. The van der Waals surface area contributed by atoms with E-state index in [1.807, 2.05) is 0 Å². The Kier molecular flexibility index (Phi) is 2.48. The molecule has 94 valence electrons. The van der Waals surface area contributed by atoms with Gasteiger partial charge in [0.2, 0.25) is 0 Å².